The molecule has 0 aromatic heterocycles. The third kappa shape index (κ3) is 2.45. The molecule has 0 spiro atoms. The number of ether oxygens (including phenoxy) is 2. The molecule has 1 heterocycles. The summed E-state index contributed by atoms with van der Waals surface area (Å²) in [5.41, 5.74) is 0.320. The molecule has 0 fully saturated rings. The molecule has 1 unspecified atom stereocenters. The molecule has 0 aliphatic carbocycles. The molecule has 7 nitrogen and oxygen atoms in total. The van der Waals surface area contributed by atoms with Gasteiger partial charge in [-0.15, -0.1) is 0 Å². The molecule has 8 heteroatoms. The van der Waals surface area contributed by atoms with Crippen LogP contribution in [-0.4, -0.2) is 37.6 Å². The van der Waals surface area contributed by atoms with Crippen molar-refractivity contribution >= 4 is 39.3 Å². The van der Waals surface area contributed by atoms with Gasteiger partial charge in [0.25, 0.3) is 0 Å². The van der Waals surface area contributed by atoms with Crippen LogP contribution in [0.5, 0.6) is 0 Å². The number of rotatable bonds is 1. The minimum atomic E-state index is -1.52. The van der Waals surface area contributed by atoms with Gasteiger partial charge in [0.1, 0.15) is 11.6 Å². The minimum Gasteiger partial charge on any atom is -0.465 e. The summed E-state index contributed by atoms with van der Waals surface area (Å²) < 4.78 is 9.85. The van der Waals surface area contributed by atoms with Crippen LogP contribution in [0.4, 0.5) is 10.5 Å². The minimum absolute atomic E-state index is 0.00366. The summed E-state index contributed by atoms with van der Waals surface area (Å²) in [5.74, 6) is -0.894. The summed E-state index contributed by atoms with van der Waals surface area (Å²) in [5, 5.41) is 19.6. The van der Waals surface area contributed by atoms with Crippen molar-refractivity contribution in [2.24, 2.45) is 0 Å². The molecule has 1 aromatic rings. The number of benzene rings is 1. The van der Waals surface area contributed by atoms with Crippen molar-refractivity contribution in [3.05, 3.63) is 33.8 Å². The number of nitrogens with zero attached hydrogens (tertiary/aromatic N) is 2. The molecule has 1 aliphatic heterocycles. The second-order valence-electron chi connectivity index (χ2n) is 4.27. The maximum Gasteiger partial charge on any atom is 0.416 e. The predicted molar refractivity (Wildman–Crippen MR) is 79.6 cm³/mol. The Bertz CT molecular complexity index is 722. The zero-order valence-electron chi connectivity index (χ0n) is 11.7. The van der Waals surface area contributed by atoms with Gasteiger partial charge in [-0.1, -0.05) is 15.9 Å². The SMILES string of the molecule is COC(=O)/C(C#N)=C1/c2cc(Br)ccc2N(C(=O)OC)C1O. The highest BCUT2D eigenvalue weighted by molar-refractivity contribution is 9.10. The Morgan fingerprint density at radius 2 is 2.05 bits per heavy atom. The molecule has 1 N–H and O–H groups in total. The maximum atomic E-state index is 11.9. The second kappa shape index (κ2) is 6.17. The van der Waals surface area contributed by atoms with Crippen LogP contribution < -0.4 is 4.90 Å². The number of nitriles is 1. The Kier molecular flexibility index (Phi) is 4.49. The number of amides is 1. The Hall–Kier alpha value is -2.37. The van der Waals surface area contributed by atoms with Gasteiger partial charge in [-0.3, -0.25) is 0 Å². The number of esters is 1. The van der Waals surface area contributed by atoms with Gasteiger partial charge in [-0.2, -0.15) is 5.26 Å². The van der Waals surface area contributed by atoms with Gasteiger partial charge < -0.3 is 14.6 Å². The van der Waals surface area contributed by atoms with E-state index in [2.05, 4.69) is 25.4 Å². The third-order valence-corrected chi connectivity index (χ3v) is 3.65. The lowest BCUT2D eigenvalue weighted by atomic mass is 10.0. The molecule has 114 valence electrons. The fraction of sp³-hybridized carbons (Fsp3) is 0.214. The number of aliphatic hydroxyl groups is 1. The quantitative estimate of drug-likeness (QED) is 0.462. The number of anilines is 1. The lowest BCUT2D eigenvalue weighted by molar-refractivity contribution is -0.135. The van der Waals surface area contributed by atoms with Crippen molar-refractivity contribution in [1.82, 2.24) is 0 Å². The fourth-order valence-electron chi connectivity index (χ4n) is 2.21. The molecule has 1 amide bonds. The van der Waals surface area contributed by atoms with E-state index in [4.69, 9.17) is 0 Å². The smallest absolute Gasteiger partial charge is 0.416 e. The molecular formula is C14H11BrN2O5. The lowest BCUT2D eigenvalue weighted by Crippen LogP contribution is -2.37. The average molecular weight is 367 g/mol. The summed E-state index contributed by atoms with van der Waals surface area (Å²) in [7, 11) is 2.29. The van der Waals surface area contributed by atoms with Crippen molar-refractivity contribution < 1.29 is 24.2 Å². The van der Waals surface area contributed by atoms with Crippen LogP contribution in [0.1, 0.15) is 5.56 Å². The molecule has 0 bridgehead atoms. The number of halogens is 1. The van der Waals surface area contributed by atoms with E-state index in [1.54, 1.807) is 24.3 Å². The van der Waals surface area contributed by atoms with E-state index in [1.807, 2.05) is 0 Å². The molecule has 0 radical (unpaired) electrons. The normalized spacial score (nSPS) is 18.3. The molecule has 0 saturated heterocycles. The van der Waals surface area contributed by atoms with E-state index >= 15 is 0 Å². The van der Waals surface area contributed by atoms with Crippen molar-refractivity contribution in [3.63, 3.8) is 0 Å². The zero-order chi connectivity index (χ0) is 16.4. The van der Waals surface area contributed by atoms with Gasteiger partial charge in [0.15, 0.2) is 6.23 Å². The number of aliphatic hydroxyl groups excluding tert-OH is 1. The number of hydrogen-bond acceptors (Lipinski definition) is 6. The molecule has 1 aromatic carbocycles. The van der Waals surface area contributed by atoms with E-state index < -0.39 is 18.3 Å². The fourth-order valence-corrected chi connectivity index (χ4v) is 2.57. The van der Waals surface area contributed by atoms with Crippen molar-refractivity contribution in [3.8, 4) is 6.07 Å². The first-order chi connectivity index (χ1) is 10.5. The monoisotopic (exact) mass is 366 g/mol. The highest BCUT2D eigenvalue weighted by atomic mass is 79.9. The van der Waals surface area contributed by atoms with Crippen molar-refractivity contribution in [2.45, 2.75) is 6.23 Å². The van der Waals surface area contributed by atoms with Gasteiger partial charge in [-0.25, -0.2) is 14.5 Å². The second-order valence-corrected chi connectivity index (χ2v) is 5.18. The average Bonchev–Trinajstić information content (AvgIpc) is 2.79. The van der Waals surface area contributed by atoms with Crippen molar-refractivity contribution in [1.29, 1.82) is 5.26 Å². The van der Waals surface area contributed by atoms with Gasteiger partial charge in [0, 0.05) is 15.6 Å². The number of carbonyl (C=O) groups is 2. The molecule has 22 heavy (non-hydrogen) atoms. The van der Waals surface area contributed by atoms with Crippen LogP contribution in [0.2, 0.25) is 0 Å². The van der Waals surface area contributed by atoms with Gasteiger partial charge >= 0.3 is 12.1 Å². The lowest BCUT2D eigenvalue weighted by Gasteiger charge is -2.20. The highest BCUT2D eigenvalue weighted by Gasteiger charge is 2.40. The summed E-state index contributed by atoms with van der Waals surface area (Å²) in [6.45, 7) is 0. The van der Waals surface area contributed by atoms with Gasteiger partial charge in [0.05, 0.1) is 19.9 Å². The topological polar surface area (TPSA) is 99.9 Å². The van der Waals surface area contributed by atoms with Crippen LogP contribution in [0.25, 0.3) is 5.57 Å². The first kappa shape index (κ1) is 16.0. The third-order valence-electron chi connectivity index (χ3n) is 3.15. The van der Waals surface area contributed by atoms with E-state index in [1.165, 1.54) is 7.11 Å². The first-order valence-corrected chi connectivity index (χ1v) is 6.83. The highest BCUT2D eigenvalue weighted by Crippen LogP contribution is 2.42. The van der Waals surface area contributed by atoms with Crippen LogP contribution in [-0.2, 0) is 14.3 Å². The number of methoxy groups -OCH3 is 2. The van der Waals surface area contributed by atoms with E-state index in [0.29, 0.717) is 15.7 Å². The Labute approximate surface area is 134 Å². The summed E-state index contributed by atoms with van der Waals surface area (Å²) in [6.07, 6.45) is -2.33. The zero-order valence-corrected chi connectivity index (χ0v) is 13.2. The van der Waals surface area contributed by atoms with E-state index in [-0.39, 0.29) is 11.1 Å². The summed E-state index contributed by atoms with van der Waals surface area (Å²) in [4.78, 5) is 24.6. The Balaban J connectivity index is 2.76. The van der Waals surface area contributed by atoms with Gasteiger partial charge in [-0.05, 0) is 18.2 Å². The molecule has 0 saturated carbocycles. The van der Waals surface area contributed by atoms with Gasteiger partial charge in [0.2, 0.25) is 0 Å². The molecule has 1 aliphatic rings. The maximum absolute atomic E-state index is 11.9. The Morgan fingerprint density at radius 3 is 2.59 bits per heavy atom. The van der Waals surface area contributed by atoms with Crippen molar-refractivity contribution in [2.75, 3.05) is 19.1 Å². The Morgan fingerprint density at radius 1 is 1.36 bits per heavy atom. The van der Waals surface area contributed by atoms with Crippen LogP contribution in [0, 0.1) is 11.3 Å². The van der Waals surface area contributed by atoms with E-state index in [0.717, 1.165) is 12.0 Å². The summed E-state index contributed by atoms with van der Waals surface area (Å²) in [6, 6.07) is 6.54. The first-order valence-electron chi connectivity index (χ1n) is 6.04. The largest absolute Gasteiger partial charge is 0.465 e. The molecular weight excluding hydrogens is 356 g/mol. The van der Waals surface area contributed by atoms with Crippen LogP contribution in [0.3, 0.4) is 0 Å². The number of hydrogen-bond donors (Lipinski definition) is 1. The molecule has 2 rings (SSSR count). The van der Waals surface area contributed by atoms with Crippen LogP contribution in [0.15, 0.2) is 28.2 Å². The summed E-state index contributed by atoms with van der Waals surface area (Å²) >= 11 is 3.27. The number of fused-ring (bicyclic) bond motifs is 1. The van der Waals surface area contributed by atoms with Crippen LogP contribution >= 0.6 is 15.9 Å². The standard InChI is InChI=1S/C14H11BrN2O5/c1-21-13(19)9(6-16)11-8-5-7(15)3-4-10(8)17(12(11)18)14(20)22-2/h3-5,12,18H,1-2H3/b11-9-. The number of carbonyl (C=O) groups excluding carboxylic acids is 2. The molecule has 1 atom stereocenters. The van der Waals surface area contributed by atoms with E-state index in [9.17, 15) is 20.0 Å². The predicted octanol–water partition coefficient (Wildman–Crippen LogP) is 1.80.